The molecule has 0 aliphatic carbocycles. The lowest BCUT2D eigenvalue weighted by Crippen LogP contribution is -2.43. The first-order valence-electron chi connectivity index (χ1n) is 8.97. The van der Waals surface area contributed by atoms with Gasteiger partial charge in [0.1, 0.15) is 17.6 Å². The highest BCUT2D eigenvalue weighted by atomic mass is 32.2. The number of amides is 1. The molecule has 28 heavy (non-hydrogen) atoms. The van der Waals surface area contributed by atoms with Crippen molar-refractivity contribution >= 4 is 21.6 Å². The quantitative estimate of drug-likeness (QED) is 0.827. The molecule has 1 saturated heterocycles. The highest BCUT2D eigenvalue weighted by Crippen LogP contribution is 2.31. The van der Waals surface area contributed by atoms with Crippen LogP contribution in [-0.2, 0) is 14.8 Å². The molecule has 6 nitrogen and oxygen atoms in total. The van der Waals surface area contributed by atoms with Crippen LogP contribution in [0.15, 0.2) is 41.3 Å². The zero-order valence-electron chi connectivity index (χ0n) is 16.0. The zero-order valence-corrected chi connectivity index (χ0v) is 16.8. The van der Waals surface area contributed by atoms with Gasteiger partial charge in [0.25, 0.3) is 0 Å². The van der Waals surface area contributed by atoms with Crippen LogP contribution in [0, 0.1) is 19.7 Å². The van der Waals surface area contributed by atoms with Crippen molar-refractivity contribution in [1.29, 1.82) is 0 Å². The summed E-state index contributed by atoms with van der Waals surface area (Å²) in [4.78, 5) is 12.9. The number of ether oxygens (including phenoxy) is 1. The third-order valence-corrected chi connectivity index (χ3v) is 7.00. The van der Waals surface area contributed by atoms with Crippen LogP contribution in [0.1, 0.15) is 24.0 Å². The van der Waals surface area contributed by atoms with Crippen LogP contribution in [0.2, 0.25) is 0 Å². The van der Waals surface area contributed by atoms with E-state index in [1.165, 1.54) is 29.6 Å². The van der Waals surface area contributed by atoms with Gasteiger partial charge in [-0.15, -0.1) is 0 Å². The summed E-state index contributed by atoms with van der Waals surface area (Å²) in [7, 11) is -2.42. The molecule has 1 aliphatic heterocycles. The second-order valence-corrected chi connectivity index (χ2v) is 8.71. The van der Waals surface area contributed by atoms with Gasteiger partial charge in [0.2, 0.25) is 15.9 Å². The monoisotopic (exact) mass is 406 g/mol. The summed E-state index contributed by atoms with van der Waals surface area (Å²) in [5.74, 6) is -0.501. The van der Waals surface area contributed by atoms with Gasteiger partial charge < -0.3 is 10.1 Å². The van der Waals surface area contributed by atoms with Crippen molar-refractivity contribution in [2.75, 3.05) is 19.0 Å². The van der Waals surface area contributed by atoms with Gasteiger partial charge in [0.15, 0.2) is 0 Å². The van der Waals surface area contributed by atoms with Crippen molar-refractivity contribution in [3.63, 3.8) is 0 Å². The van der Waals surface area contributed by atoms with Crippen LogP contribution in [0.3, 0.4) is 0 Å². The fourth-order valence-electron chi connectivity index (χ4n) is 3.35. The number of carbonyl (C=O) groups excluding carboxylic acids is 1. The standard InChI is InChI=1S/C20H23FN2O4S/c1-13-6-8-15(21)11-17(13)22-20(24)18-5-4-10-23(18)28(25,26)19-12-16(27-3)9-7-14(19)2/h6-9,11-12,18H,4-5,10H2,1-3H3,(H,22,24)/t18-/m1/s1. The number of anilines is 1. The van der Waals surface area contributed by atoms with Gasteiger partial charge in [-0.2, -0.15) is 4.31 Å². The highest BCUT2D eigenvalue weighted by Gasteiger charge is 2.40. The van der Waals surface area contributed by atoms with E-state index < -0.39 is 27.8 Å². The van der Waals surface area contributed by atoms with Gasteiger partial charge in [0.05, 0.1) is 12.0 Å². The number of aryl methyl sites for hydroxylation is 2. The molecule has 0 radical (unpaired) electrons. The number of methoxy groups -OCH3 is 1. The van der Waals surface area contributed by atoms with Gasteiger partial charge >= 0.3 is 0 Å². The number of sulfonamides is 1. The van der Waals surface area contributed by atoms with Crippen molar-refractivity contribution in [3.8, 4) is 5.75 Å². The molecule has 0 unspecified atom stereocenters. The predicted octanol–water partition coefficient (Wildman–Crippen LogP) is 3.24. The number of rotatable bonds is 5. The molecule has 1 fully saturated rings. The third-order valence-electron chi connectivity index (χ3n) is 4.95. The van der Waals surface area contributed by atoms with Crippen molar-refractivity contribution in [2.45, 2.75) is 37.6 Å². The first kappa shape index (κ1) is 20.3. The Morgan fingerprint density at radius 1 is 1.18 bits per heavy atom. The highest BCUT2D eigenvalue weighted by molar-refractivity contribution is 7.89. The molecule has 0 saturated carbocycles. The first-order valence-corrected chi connectivity index (χ1v) is 10.4. The summed E-state index contributed by atoms with van der Waals surface area (Å²) in [5, 5.41) is 2.67. The van der Waals surface area contributed by atoms with Crippen LogP contribution in [0.4, 0.5) is 10.1 Å². The van der Waals surface area contributed by atoms with E-state index in [1.54, 1.807) is 32.0 Å². The average molecular weight is 406 g/mol. The summed E-state index contributed by atoms with van der Waals surface area (Å²) in [5.41, 5.74) is 1.62. The molecule has 8 heteroatoms. The molecule has 150 valence electrons. The first-order chi connectivity index (χ1) is 13.2. The smallest absolute Gasteiger partial charge is 0.244 e. The third kappa shape index (κ3) is 3.88. The Morgan fingerprint density at radius 3 is 2.61 bits per heavy atom. The van der Waals surface area contributed by atoms with Crippen LogP contribution >= 0.6 is 0 Å². The second-order valence-electron chi connectivity index (χ2n) is 6.85. The summed E-state index contributed by atoms with van der Waals surface area (Å²) in [6.45, 7) is 3.70. The molecule has 1 amide bonds. The van der Waals surface area contributed by atoms with Gasteiger partial charge in [0, 0.05) is 18.3 Å². The Hall–Kier alpha value is -2.45. The Kier molecular flexibility index (Phi) is 5.71. The van der Waals surface area contributed by atoms with E-state index in [9.17, 15) is 17.6 Å². The number of benzene rings is 2. The van der Waals surface area contributed by atoms with Crippen LogP contribution < -0.4 is 10.1 Å². The number of hydrogen-bond donors (Lipinski definition) is 1. The SMILES string of the molecule is COc1ccc(C)c(S(=O)(=O)N2CCC[C@@H]2C(=O)Nc2cc(F)ccc2C)c1. The Bertz CT molecular complexity index is 1010. The maximum Gasteiger partial charge on any atom is 0.244 e. The molecule has 1 atom stereocenters. The summed E-state index contributed by atoms with van der Waals surface area (Å²) >= 11 is 0. The fourth-order valence-corrected chi connectivity index (χ4v) is 5.24. The molecule has 1 heterocycles. The predicted molar refractivity (Wildman–Crippen MR) is 104 cm³/mol. The fraction of sp³-hybridized carbons (Fsp3) is 0.350. The largest absolute Gasteiger partial charge is 0.497 e. The lowest BCUT2D eigenvalue weighted by atomic mass is 10.1. The molecular formula is C20H23FN2O4S. The van der Waals surface area contributed by atoms with Gasteiger partial charge in [-0.25, -0.2) is 12.8 Å². The minimum Gasteiger partial charge on any atom is -0.497 e. The van der Waals surface area contributed by atoms with E-state index in [1.807, 2.05) is 0 Å². The molecule has 3 rings (SSSR count). The van der Waals surface area contributed by atoms with E-state index in [-0.39, 0.29) is 11.4 Å². The lowest BCUT2D eigenvalue weighted by Gasteiger charge is -2.24. The molecular weight excluding hydrogens is 383 g/mol. The van der Waals surface area contributed by atoms with E-state index in [0.29, 0.717) is 35.4 Å². The number of carbonyl (C=O) groups is 1. The van der Waals surface area contributed by atoms with E-state index >= 15 is 0 Å². The molecule has 0 spiro atoms. The molecule has 1 aliphatic rings. The molecule has 2 aromatic carbocycles. The number of nitrogens with one attached hydrogen (secondary N) is 1. The normalized spacial score (nSPS) is 17.5. The van der Waals surface area contributed by atoms with E-state index in [0.717, 1.165) is 0 Å². The van der Waals surface area contributed by atoms with Gasteiger partial charge in [-0.05, 0) is 56.0 Å². The topological polar surface area (TPSA) is 75.7 Å². The Balaban J connectivity index is 1.89. The second kappa shape index (κ2) is 7.89. The van der Waals surface area contributed by atoms with Crippen LogP contribution in [-0.4, -0.2) is 38.3 Å². The minimum atomic E-state index is -3.89. The Morgan fingerprint density at radius 2 is 1.89 bits per heavy atom. The Labute approximate surface area is 164 Å². The van der Waals surface area contributed by atoms with Crippen molar-refractivity contribution in [3.05, 3.63) is 53.3 Å². The minimum absolute atomic E-state index is 0.119. The summed E-state index contributed by atoms with van der Waals surface area (Å²) in [6.07, 6.45) is 0.977. The lowest BCUT2D eigenvalue weighted by molar-refractivity contribution is -0.119. The average Bonchev–Trinajstić information content (AvgIpc) is 3.16. The van der Waals surface area contributed by atoms with Crippen molar-refractivity contribution in [1.82, 2.24) is 4.31 Å². The summed E-state index contributed by atoms with van der Waals surface area (Å²) < 4.78 is 46.4. The summed E-state index contributed by atoms with van der Waals surface area (Å²) in [6, 6.07) is 8.08. The maximum absolute atomic E-state index is 13.5. The number of hydrogen-bond acceptors (Lipinski definition) is 4. The molecule has 0 bridgehead atoms. The van der Waals surface area contributed by atoms with Crippen molar-refractivity contribution < 1.29 is 22.3 Å². The molecule has 2 aromatic rings. The maximum atomic E-state index is 13.5. The molecule has 0 aromatic heterocycles. The van der Waals surface area contributed by atoms with Crippen LogP contribution in [0.25, 0.3) is 0 Å². The molecule has 1 N–H and O–H groups in total. The number of nitrogens with zero attached hydrogens (tertiary/aromatic N) is 1. The van der Waals surface area contributed by atoms with E-state index in [4.69, 9.17) is 4.74 Å². The van der Waals surface area contributed by atoms with Gasteiger partial charge in [-0.1, -0.05) is 12.1 Å². The zero-order chi connectivity index (χ0) is 20.5. The van der Waals surface area contributed by atoms with E-state index in [2.05, 4.69) is 5.32 Å². The van der Waals surface area contributed by atoms with Crippen molar-refractivity contribution in [2.24, 2.45) is 0 Å². The number of halogens is 1. The van der Waals surface area contributed by atoms with Crippen LogP contribution in [0.5, 0.6) is 5.75 Å². The van der Waals surface area contributed by atoms with Gasteiger partial charge in [-0.3, -0.25) is 4.79 Å².